The van der Waals surface area contributed by atoms with Crippen molar-refractivity contribution < 1.29 is 4.79 Å². The molecule has 2 rings (SSSR count). The molecule has 0 saturated carbocycles. The number of para-hydroxylation sites is 1. The Labute approximate surface area is 138 Å². The second kappa shape index (κ2) is 7.12. The molecule has 0 bridgehead atoms. The minimum absolute atomic E-state index is 0.0699. The van der Waals surface area contributed by atoms with Crippen molar-refractivity contribution in [1.29, 1.82) is 5.26 Å². The molecule has 1 aromatic heterocycles. The Balaban J connectivity index is 2.03. The highest BCUT2D eigenvalue weighted by Gasteiger charge is 2.12. The van der Waals surface area contributed by atoms with Crippen molar-refractivity contribution in [3.8, 4) is 6.07 Å². The predicted molar refractivity (Wildman–Crippen MR) is 87.3 cm³/mol. The number of nitrogens with zero attached hydrogens (tertiary/aromatic N) is 3. The molecule has 0 aliphatic heterocycles. The molecule has 0 spiro atoms. The van der Waals surface area contributed by atoms with E-state index in [9.17, 15) is 4.79 Å². The van der Waals surface area contributed by atoms with E-state index in [1.54, 1.807) is 42.3 Å². The number of nitriles is 1. The maximum absolute atomic E-state index is 12.1. The Morgan fingerprint density at radius 1 is 1.32 bits per heavy atom. The number of likely N-dealkylation sites (N-methyl/N-ethyl adjacent to an activating group) is 1. The van der Waals surface area contributed by atoms with Gasteiger partial charge in [-0.25, -0.2) is 4.98 Å². The van der Waals surface area contributed by atoms with E-state index in [4.69, 9.17) is 28.5 Å². The monoisotopic (exact) mass is 334 g/mol. The lowest BCUT2D eigenvalue weighted by atomic mass is 10.3. The molecule has 2 aromatic rings. The molecule has 0 aliphatic rings. The van der Waals surface area contributed by atoms with Gasteiger partial charge in [0, 0.05) is 13.2 Å². The first kappa shape index (κ1) is 16.1. The van der Waals surface area contributed by atoms with Crippen LogP contribution in [0, 0.1) is 11.3 Å². The molecule has 0 radical (unpaired) electrons. The molecular formula is C15H12Cl2N4O. The SMILES string of the molecule is CN(CC(=O)Nc1c(Cl)cccc1Cl)c1ccc(C#N)cn1. The minimum Gasteiger partial charge on any atom is -0.350 e. The number of carbonyl (C=O) groups is 1. The van der Waals surface area contributed by atoms with Gasteiger partial charge in [0.2, 0.25) is 5.91 Å². The number of nitrogens with one attached hydrogen (secondary N) is 1. The van der Waals surface area contributed by atoms with Crippen molar-refractivity contribution in [3.63, 3.8) is 0 Å². The first-order valence-electron chi connectivity index (χ1n) is 6.32. The van der Waals surface area contributed by atoms with Gasteiger partial charge in [-0.15, -0.1) is 0 Å². The third kappa shape index (κ3) is 3.88. The predicted octanol–water partition coefficient (Wildman–Crippen LogP) is 3.33. The van der Waals surface area contributed by atoms with Gasteiger partial charge >= 0.3 is 0 Å². The topological polar surface area (TPSA) is 69.0 Å². The summed E-state index contributed by atoms with van der Waals surface area (Å²) in [6.45, 7) is 0.0699. The highest BCUT2D eigenvalue weighted by Crippen LogP contribution is 2.29. The standard InChI is InChI=1S/C15H12Cl2N4O/c1-21(13-6-5-10(7-18)8-19-13)9-14(22)20-15-11(16)3-2-4-12(15)17/h2-6,8H,9H2,1H3,(H,20,22). The van der Waals surface area contributed by atoms with E-state index in [2.05, 4.69) is 10.3 Å². The van der Waals surface area contributed by atoms with Gasteiger partial charge in [0.1, 0.15) is 11.9 Å². The molecule has 5 nitrogen and oxygen atoms in total. The first-order valence-corrected chi connectivity index (χ1v) is 7.08. The summed E-state index contributed by atoms with van der Waals surface area (Å²) in [6.07, 6.45) is 1.45. The zero-order valence-corrected chi connectivity index (χ0v) is 13.2. The summed E-state index contributed by atoms with van der Waals surface area (Å²) in [5.74, 6) is 0.308. The fraction of sp³-hybridized carbons (Fsp3) is 0.133. The molecule has 7 heteroatoms. The molecule has 0 aliphatic carbocycles. The van der Waals surface area contributed by atoms with E-state index in [1.165, 1.54) is 6.20 Å². The summed E-state index contributed by atoms with van der Waals surface area (Å²) < 4.78 is 0. The van der Waals surface area contributed by atoms with Gasteiger partial charge in [0.05, 0.1) is 27.8 Å². The number of anilines is 2. The molecule has 0 unspecified atom stereocenters. The number of pyridine rings is 1. The molecule has 1 amide bonds. The van der Waals surface area contributed by atoms with Gasteiger partial charge in [0.25, 0.3) is 0 Å². The zero-order valence-electron chi connectivity index (χ0n) is 11.7. The lowest BCUT2D eigenvalue weighted by Gasteiger charge is -2.18. The van der Waals surface area contributed by atoms with E-state index in [0.29, 0.717) is 27.1 Å². The second-order valence-corrected chi connectivity index (χ2v) is 5.33. The van der Waals surface area contributed by atoms with Crippen LogP contribution < -0.4 is 10.2 Å². The van der Waals surface area contributed by atoms with Crippen LogP contribution in [0.5, 0.6) is 0 Å². The smallest absolute Gasteiger partial charge is 0.244 e. The van der Waals surface area contributed by atoms with Crippen molar-refractivity contribution in [2.24, 2.45) is 0 Å². The Bertz CT molecular complexity index is 705. The summed E-state index contributed by atoms with van der Waals surface area (Å²) in [6, 6.07) is 10.3. The van der Waals surface area contributed by atoms with E-state index in [0.717, 1.165) is 0 Å². The number of hydrogen-bond donors (Lipinski definition) is 1. The Hall–Kier alpha value is -2.29. The lowest BCUT2D eigenvalue weighted by Crippen LogP contribution is -2.30. The summed E-state index contributed by atoms with van der Waals surface area (Å²) >= 11 is 12.0. The third-order valence-electron chi connectivity index (χ3n) is 2.88. The summed E-state index contributed by atoms with van der Waals surface area (Å²) in [4.78, 5) is 17.8. The molecule has 1 N–H and O–H groups in total. The van der Waals surface area contributed by atoms with Crippen LogP contribution in [0.2, 0.25) is 10.0 Å². The fourth-order valence-corrected chi connectivity index (χ4v) is 2.26. The van der Waals surface area contributed by atoms with Crippen molar-refractivity contribution >= 4 is 40.6 Å². The lowest BCUT2D eigenvalue weighted by molar-refractivity contribution is -0.114. The van der Waals surface area contributed by atoms with Crippen LogP contribution in [-0.4, -0.2) is 24.5 Å². The minimum atomic E-state index is -0.274. The van der Waals surface area contributed by atoms with E-state index in [-0.39, 0.29) is 12.5 Å². The maximum atomic E-state index is 12.1. The summed E-state index contributed by atoms with van der Waals surface area (Å²) in [7, 11) is 1.72. The highest BCUT2D eigenvalue weighted by molar-refractivity contribution is 6.39. The van der Waals surface area contributed by atoms with Crippen molar-refractivity contribution in [3.05, 3.63) is 52.1 Å². The summed E-state index contributed by atoms with van der Waals surface area (Å²) in [5, 5.41) is 12.2. The van der Waals surface area contributed by atoms with Crippen LogP contribution in [0.3, 0.4) is 0 Å². The normalized spacial score (nSPS) is 9.91. The first-order chi connectivity index (χ1) is 10.5. The molecule has 0 atom stereocenters. The van der Waals surface area contributed by atoms with Crippen LogP contribution in [0.4, 0.5) is 11.5 Å². The molecule has 0 saturated heterocycles. The third-order valence-corrected chi connectivity index (χ3v) is 3.51. The van der Waals surface area contributed by atoms with Gasteiger partial charge < -0.3 is 10.2 Å². The van der Waals surface area contributed by atoms with Crippen LogP contribution in [0.1, 0.15) is 5.56 Å². The van der Waals surface area contributed by atoms with Crippen LogP contribution >= 0.6 is 23.2 Å². The van der Waals surface area contributed by atoms with Gasteiger partial charge in [-0.3, -0.25) is 4.79 Å². The van der Waals surface area contributed by atoms with Crippen molar-refractivity contribution in [2.75, 3.05) is 23.8 Å². The Morgan fingerprint density at radius 3 is 2.55 bits per heavy atom. The Kier molecular flexibility index (Phi) is 5.21. The van der Waals surface area contributed by atoms with E-state index in [1.807, 2.05) is 6.07 Å². The highest BCUT2D eigenvalue weighted by atomic mass is 35.5. The number of halogens is 2. The molecule has 1 aromatic carbocycles. The van der Waals surface area contributed by atoms with Gasteiger partial charge in [-0.1, -0.05) is 29.3 Å². The maximum Gasteiger partial charge on any atom is 0.244 e. The number of carbonyl (C=O) groups excluding carboxylic acids is 1. The molecular weight excluding hydrogens is 323 g/mol. The van der Waals surface area contributed by atoms with Crippen LogP contribution in [-0.2, 0) is 4.79 Å². The zero-order chi connectivity index (χ0) is 16.1. The van der Waals surface area contributed by atoms with E-state index < -0.39 is 0 Å². The number of benzene rings is 1. The number of amides is 1. The average molecular weight is 335 g/mol. The molecule has 1 heterocycles. The van der Waals surface area contributed by atoms with Gasteiger partial charge in [-0.2, -0.15) is 5.26 Å². The van der Waals surface area contributed by atoms with Crippen LogP contribution in [0.25, 0.3) is 0 Å². The molecule has 22 heavy (non-hydrogen) atoms. The number of aromatic nitrogens is 1. The largest absolute Gasteiger partial charge is 0.350 e. The van der Waals surface area contributed by atoms with Gasteiger partial charge in [0.15, 0.2) is 0 Å². The van der Waals surface area contributed by atoms with Crippen molar-refractivity contribution in [2.45, 2.75) is 0 Å². The molecule has 0 fully saturated rings. The Morgan fingerprint density at radius 2 is 2.00 bits per heavy atom. The number of rotatable bonds is 4. The van der Waals surface area contributed by atoms with Crippen molar-refractivity contribution in [1.82, 2.24) is 4.98 Å². The van der Waals surface area contributed by atoms with E-state index >= 15 is 0 Å². The fourth-order valence-electron chi connectivity index (χ4n) is 1.77. The second-order valence-electron chi connectivity index (χ2n) is 4.52. The molecule has 112 valence electrons. The van der Waals surface area contributed by atoms with Crippen LogP contribution in [0.15, 0.2) is 36.5 Å². The average Bonchev–Trinajstić information content (AvgIpc) is 2.51. The number of hydrogen-bond acceptors (Lipinski definition) is 4. The van der Waals surface area contributed by atoms with Gasteiger partial charge in [-0.05, 0) is 24.3 Å². The summed E-state index contributed by atoms with van der Waals surface area (Å²) in [5.41, 5.74) is 0.849. The quantitative estimate of drug-likeness (QED) is 0.930.